The SMILES string of the molecule is Cn1nnc(CSc2cccc(N)c2)n1. The number of benzene rings is 1. The third-order valence-corrected chi connectivity index (χ3v) is 2.77. The number of nitrogen functional groups attached to an aromatic ring is 1. The molecule has 0 bridgehead atoms. The molecule has 2 rings (SSSR count). The lowest BCUT2D eigenvalue weighted by Gasteiger charge is -1.99. The number of hydrogen-bond donors (Lipinski definition) is 1. The van der Waals surface area contributed by atoms with Gasteiger partial charge in [-0.1, -0.05) is 6.07 Å². The van der Waals surface area contributed by atoms with Crippen molar-refractivity contribution in [3.8, 4) is 0 Å². The number of anilines is 1. The van der Waals surface area contributed by atoms with Crippen LogP contribution in [0.1, 0.15) is 5.82 Å². The Labute approximate surface area is 91.7 Å². The van der Waals surface area contributed by atoms with Gasteiger partial charge in [0.2, 0.25) is 0 Å². The quantitative estimate of drug-likeness (QED) is 0.620. The van der Waals surface area contributed by atoms with E-state index in [1.165, 1.54) is 4.80 Å². The summed E-state index contributed by atoms with van der Waals surface area (Å²) < 4.78 is 0. The second-order valence-corrected chi connectivity index (χ2v) is 4.11. The summed E-state index contributed by atoms with van der Waals surface area (Å²) in [5.74, 6) is 1.43. The van der Waals surface area contributed by atoms with Crippen molar-refractivity contribution in [2.75, 3.05) is 5.73 Å². The van der Waals surface area contributed by atoms with Crippen molar-refractivity contribution < 1.29 is 0 Å². The van der Waals surface area contributed by atoms with E-state index >= 15 is 0 Å². The number of aromatic nitrogens is 4. The van der Waals surface area contributed by atoms with Gasteiger partial charge in [0.05, 0.1) is 12.8 Å². The normalized spacial score (nSPS) is 10.5. The van der Waals surface area contributed by atoms with Crippen molar-refractivity contribution in [1.29, 1.82) is 0 Å². The molecule has 0 saturated carbocycles. The summed E-state index contributed by atoms with van der Waals surface area (Å²) >= 11 is 1.64. The van der Waals surface area contributed by atoms with Crippen molar-refractivity contribution >= 4 is 17.4 Å². The van der Waals surface area contributed by atoms with Gasteiger partial charge in [-0.3, -0.25) is 0 Å². The summed E-state index contributed by atoms with van der Waals surface area (Å²) in [5, 5.41) is 11.8. The van der Waals surface area contributed by atoms with Crippen LogP contribution < -0.4 is 5.73 Å². The molecule has 1 heterocycles. The molecular weight excluding hydrogens is 210 g/mol. The second kappa shape index (κ2) is 4.31. The zero-order valence-corrected chi connectivity index (χ0v) is 9.11. The highest BCUT2D eigenvalue weighted by Crippen LogP contribution is 2.22. The van der Waals surface area contributed by atoms with Crippen LogP contribution in [0.25, 0.3) is 0 Å². The average Bonchev–Trinajstić information content (AvgIpc) is 2.62. The van der Waals surface area contributed by atoms with Gasteiger partial charge in [0.1, 0.15) is 0 Å². The summed E-state index contributed by atoms with van der Waals surface area (Å²) in [5.41, 5.74) is 6.44. The fourth-order valence-corrected chi connectivity index (χ4v) is 1.94. The molecule has 0 spiro atoms. The summed E-state index contributed by atoms with van der Waals surface area (Å²) in [7, 11) is 1.75. The first-order valence-electron chi connectivity index (χ1n) is 4.45. The van der Waals surface area contributed by atoms with Crippen LogP contribution >= 0.6 is 11.8 Å². The molecule has 1 aromatic heterocycles. The maximum Gasteiger partial charge on any atom is 0.184 e. The van der Waals surface area contributed by atoms with Gasteiger partial charge in [-0.25, -0.2) is 0 Å². The van der Waals surface area contributed by atoms with Crippen LogP contribution in [0.15, 0.2) is 29.2 Å². The van der Waals surface area contributed by atoms with E-state index < -0.39 is 0 Å². The first kappa shape index (κ1) is 9.97. The summed E-state index contributed by atoms with van der Waals surface area (Å²) in [6.45, 7) is 0. The predicted octanol–water partition coefficient (Wildman–Crippen LogP) is 1.08. The van der Waals surface area contributed by atoms with Crippen molar-refractivity contribution in [1.82, 2.24) is 20.2 Å². The molecule has 0 fully saturated rings. The number of tetrazole rings is 1. The van der Waals surface area contributed by atoms with E-state index in [0.29, 0.717) is 5.75 Å². The predicted molar refractivity (Wildman–Crippen MR) is 59.2 cm³/mol. The molecule has 0 atom stereocenters. The molecule has 0 amide bonds. The van der Waals surface area contributed by atoms with Gasteiger partial charge in [0.25, 0.3) is 0 Å². The largest absolute Gasteiger partial charge is 0.399 e. The zero-order chi connectivity index (χ0) is 10.7. The third kappa shape index (κ3) is 2.69. The van der Waals surface area contributed by atoms with Crippen LogP contribution in [0.4, 0.5) is 5.69 Å². The van der Waals surface area contributed by atoms with Crippen molar-refractivity contribution in [3.05, 3.63) is 30.1 Å². The maximum absolute atomic E-state index is 5.67. The van der Waals surface area contributed by atoms with E-state index in [2.05, 4.69) is 15.4 Å². The van der Waals surface area contributed by atoms with Crippen LogP contribution in [-0.2, 0) is 12.8 Å². The fraction of sp³-hybridized carbons (Fsp3) is 0.222. The van der Waals surface area contributed by atoms with Crippen LogP contribution in [0, 0.1) is 0 Å². The zero-order valence-electron chi connectivity index (χ0n) is 8.29. The molecular formula is C9H11N5S. The minimum absolute atomic E-state index is 0.706. The first-order valence-corrected chi connectivity index (χ1v) is 5.44. The third-order valence-electron chi connectivity index (χ3n) is 1.78. The highest BCUT2D eigenvalue weighted by Gasteiger charge is 2.01. The van der Waals surface area contributed by atoms with Gasteiger partial charge in [0, 0.05) is 10.6 Å². The van der Waals surface area contributed by atoms with Gasteiger partial charge < -0.3 is 5.73 Å². The Morgan fingerprint density at radius 2 is 2.33 bits per heavy atom. The van der Waals surface area contributed by atoms with Crippen molar-refractivity contribution in [2.24, 2.45) is 7.05 Å². The van der Waals surface area contributed by atoms with Gasteiger partial charge in [0.15, 0.2) is 5.82 Å². The lowest BCUT2D eigenvalue weighted by Crippen LogP contribution is -1.92. The van der Waals surface area contributed by atoms with Gasteiger partial charge >= 0.3 is 0 Å². The van der Waals surface area contributed by atoms with E-state index in [-0.39, 0.29) is 0 Å². The molecule has 2 aromatic rings. The summed E-state index contributed by atoms with van der Waals surface area (Å²) in [4.78, 5) is 2.57. The molecule has 0 aliphatic heterocycles. The van der Waals surface area contributed by atoms with Gasteiger partial charge in [-0.15, -0.1) is 22.0 Å². The number of thioether (sulfide) groups is 1. The Bertz CT molecular complexity index is 453. The van der Waals surface area contributed by atoms with Gasteiger partial charge in [-0.05, 0) is 23.4 Å². The van der Waals surface area contributed by atoms with Crippen molar-refractivity contribution in [2.45, 2.75) is 10.6 Å². The molecule has 15 heavy (non-hydrogen) atoms. The van der Waals surface area contributed by atoms with E-state index in [1.54, 1.807) is 18.8 Å². The standard InChI is InChI=1S/C9H11N5S/c1-14-12-9(11-13-14)6-15-8-4-2-3-7(10)5-8/h2-5H,6,10H2,1H3. The Hall–Kier alpha value is -1.56. The van der Waals surface area contributed by atoms with E-state index in [9.17, 15) is 0 Å². The summed E-state index contributed by atoms with van der Waals surface area (Å²) in [6.07, 6.45) is 0. The number of hydrogen-bond acceptors (Lipinski definition) is 5. The Morgan fingerprint density at radius 1 is 1.47 bits per heavy atom. The average molecular weight is 221 g/mol. The number of nitrogens with zero attached hydrogens (tertiary/aromatic N) is 4. The molecule has 0 aliphatic carbocycles. The minimum Gasteiger partial charge on any atom is -0.399 e. The molecule has 0 saturated heterocycles. The Balaban J connectivity index is 1.99. The van der Waals surface area contributed by atoms with E-state index in [1.807, 2.05) is 24.3 Å². The smallest absolute Gasteiger partial charge is 0.184 e. The number of aryl methyl sites for hydroxylation is 1. The number of nitrogens with two attached hydrogens (primary N) is 1. The molecule has 0 radical (unpaired) electrons. The topological polar surface area (TPSA) is 69.6 Å². The Kier molecular flexibility index (Phi) is 2.86. The van der Waals surface area contributed by atoms with Crippen LogP contribution in [-0.4, -0.2) is 20.2 Å². The van der Waals surface area contributed by atoms with E-state index in [4.69, 9.17) is 5.73 Å². The maximum atomic E-state index is 5.67. The van der Waals surface area contributed by atoms with Crippen LogP contribution in [0.3, 0.4) is 0 Å². The Morgan fingerprint density at radius 3 is 3.00 bits per heavy atom. The van der Waals surface area contributed by atoms with Crippen LogP contribution in [0.2, 0.25) is 0 Å². The second-order valence-electron chi connectivity index (χ2n) is 3.06. The lowest BCUT2D eigenvalue weighted by molar-refractivity contribution is 0.628. The van der Waals surface area contributed by atoms with Gasteiger partial charge in [-0.2, -0.15) is 4.80 Å². The summed E-state index contributed by atoms with van der Waals surface area (Å²) in [6, 6.07) is 7.74. The highest BCUT2D eigenvalue weighted by molar-refractivity contribution is 7.98. The van der Waals surface area contributed by atoms with Crippen molar-refractivity contribution in [3.63, 3.8) is 0 Å². The molecule has 0 aliphatic rings. The fourth-order valence-electron chi connectivity index (χ4n) is 1.13. The highest BCUT2D eigenvalue weighted by atomic mass is 32.2. The number of rotatable bonds is 3. The van der Waals surface area contributed by atoms with E-state index in [0.717, 1.165) is 16.4 Å². The molecule has 1 aromatic carbocycles. The molecule has 78 valence electrons. The monoisotopic (exact) mass is 221 g/mol. The molecule has 5 nitrogen and oxygen atoms in total. The minimum atomic E-state index is 0.706. The molecule has 2 N–H and O–H groups in total. The molecule has 6 heteroatoms. The first-order chi connectivity index (χ1) is 7.24. The van der Waals surface area contributed by atoms with Crippen LogP contribution in [0.5, 0.6) is 0 Å². The lowest BCUT2D eigenvalue weighted by atomic mass is 10.3. The molecule has 0 unspecified atom stereocenters.